The number of nitrogens with zero attached hydrogens (tertiary/aromatic N) is 3. The first-order valence-corrected chi connectivity index (χ1v) is 9.74. The molecule has 1 N–H and O–H groups in total. The van der Waals surface area contributed by atoms with Crippen LogP contribution in [0.25, 0.3) is 0 Å². The van der Waals surface area contributed by atoms with Crippen LogP contribution in [-0.2, 0) is 10.2 Å². The highest BCUT2D eigenvalue weighted by molar-refractivity contribution is 7.09. The van der Waals surface area contributed by atoms with E-state index in [2.05, 4.69) is 40.3 Å². The van der Waals surface area contributed by atoms with Crippen molar-refractivity contribution in [3.8, 4) is 0 Å². The Hall–Kier alpha value is -1.73. The first-order chi connectivity index (χ1) is 12.2. The highest BCUT2D eigenvalue weighted by Crippen LogP contribution is 2.29. The number of nitrogens with one attached hydrogen (secondary N) is 1. The topological polar surface area (TPSA) is 58.1 Å². The average molecular weight is 397 g/mol. The van der Waals surface area contributed by atoms with Crippen molar-refractivity contribution in [1.29, 1.82) is 0 Å². The van der Waals surface area contributed by atoms with E-state index in [9.17, 15) is 9.18 Å². The second kappa shape index (κ2) is 7.48. The van der Waals surface area contributed by atoms with Crippen LogP contribution in [0, 0.1) is 11.7 Å². The Kier molecular flexibility index (Phi) is 5.48. The number of hydrogen-bond acceptors (Lipinski definition) is 5. The maximum absolute atomic E-state index is 13.2. The minimum atomic E-state index is -0.496. The van der Waals surface area contributed by atoms with Crippen LogP contribution in [0.1, 0.15) is 39.4 Å². The molecule has 1 aromatic heterocycles. The molecule has 2 heterocycles. The molecule has 140 valence electrons. The zero-order valence-electron chi connectivity index (χ0n) is 15.1. The molecule has 0 atom stereocenters. The zero-order chi connectivity index (χ0) is 18.9. The molecule has 0 bridgehead atoms. The van der Waals surface area contributed by atoms with E-state index < -0.39 is 5.82 Å². The molecule has 0 unspecified atom stereocenters. The van der Waals surface area contributed by atoms with Gasteiger partial charge in [0.05, 0.1) is 5.02 Å². The van der Waals surface area contributed by atoms with Crippen molar-refractivity contribution in [1.82, 2.24) is 9.36 Å². The standard InChI is InChI=1S/C18H22ClFN4OS/c1-18(2,3)16-22-17(26-23-16)24-8-6-11(7-9-24)15(25)21-12-4-5-14(20)13(19)10-12/h4-5,10-11H,6-9H2,1-3H3,(H,21,25). The van der Waals surface area contributed by atoms with E-state index in [-0.39, 0.29) is 22.3 Å². The normalized spacial score (nSPS) is 16.0. The molecular formula is C18H22ClFN4OS. The van der Waals surface area contributed by atoms with E-state index in [1.807, 2.05) is 0 Å². The molecule has 1 aromatic carbocycles. The number of carbonyl (C=O) groups is 1. The molecule has 1 aliphatic heterocycles. The van der Waals surface area contributed by atoms with Crippen molar-refractivity contribution in [2.45, 2.75) is 39.0 Å². The van der Waals surface area contributed by atoms with E-state index in [0.717, 1.165) is 36.9 Å². The Labute approximate surface area is 161 Å². The molecule has 0 saturated carbocycles. The summed E-state index contributed by atoms with van der Waals surface area (Å²) < 4.78 is 17.7. The Morgan fingerprint density at radius 3 is 2.62 bits per heavy atom. The number of halogens is 2. The maximum atomic E-state index is 13.2. The molecule has 0 spiro atoms. The van der Waals surface area contributed by atoms with Gasteiger partial charge in [-0.25, -0.2) is 9.37 Å². The summed E-state index contributed by atoms with van der Waals surface area (Å²) in [7, 11) is 0. The van der Waals surface area contributed by atoms with Gasteiger partial charge in [0.1, 0.15) is 11.6 Å². The first kappa shape index (κ1) is 19.0. The van der Waals surface area contributed by atoms with Gasteiger partial charge in [-0.15, -0.1) is 0 Å². The SMILES string of the molecule is CC(C)(C)c1nsc(N2CCC(C(=O)Nc3ccc(F)c(Cl)c3)CC2)n1. The number of amides is 1. The maximum Gasteiger partial charge on any atom is 0.227 e. The number of anilines is 2. The summed E-state index contributed by atoms with van der Waals surface area (Å²) >= 11 is 7.17. The fourth-order valence-corrected chi connectivity index (χ4v) is 3.89. The minimum absolute atomic E-state index is 0.00328. The minimum Gasteiger partial charge on any atom is -0.347 e. The van der Waals surface area contributed by atoms with Crippen molar-refractivity contribution in [2.75, 3.05) is 23.3 Å². The summed E-state index contributed by atoms with van der Waals surface area (Å²) in [5.41, 5.74) is 0.450. The molecule has 5 nitrogen and oxygen atoms in total. The summed E-state index contributed by atoms with van der Waals surface area (Å²) in [6.07, 6.45) is 1.48. The highest BCUT2D eigenvalue weighted by atomic mass is 35.5. The van der Waals surface area contributed by atoms with E-state index in [1.165, 1.54) is 29.7 Å². The van der Waals surface area contributed by atoms with E-state index in [1.54, 1.807) is 0 Å². The van der Waals surface area contributed by atoms with Crippen molar-refractivity contribution in [2.24, 2.45) is 5.92 Å². The van der Waals surface area contributed by atoms with Crippen molar-refractivity contribution in [3.05, 3.63) is 34.9 Å². The third kappa shape index (κ3) is 4.32. The second-order valence-electron chi connectivity index (χ2n) is 7.53. The van der Waals surface area contributed by atoms with Crippen LogP contribution in [0.3, 0.4) is 0 Å². The molecule has 0 radical (unpaired) electrons. The van der Waals surface area contributed by atoms with Gasteiger partial charge in [0, 0.05) is 41.6 Å². The number of benzene rings is 1. The number of piperidine rings is 1. The molecule has 1 aliphatic rings. The van der Waals surface area contributed by atoms with Gasteiger partial charge in [0.25, 0.3) is 0 Å². The van der Waals surface area contributed by atoms with Gasteiger partial charge in [0.15, 0.2) is 0 Å². The van der Waals surface area contributed by atoms with Gasteiger partial charge in [-0.1, -0.05) is 32.4 Å². The molecule has 26 heavy (non-hydrogen) atoms. The monoisotopic (exact) mass is 396 g/mol. The van der Waals surface area contributed by atoms with Crippen LogP contribution in [0.4, 0.5) is 15.2 Å². The van der Waals surface area contributed by atoms with Crippen molar-refractivity contribution >= 4 is 39.9 Å². The van der Waals surface area contributed by atoms with Gasteiger partial charge in [-0.05, 0) is 31.0 Å². The fraction of sp³-hybridized carbons (Fsp3) is 0.500. The number of hydrogen-bond donors (Lipinski definition) is 1. The Bertz CT molecular complexity index is 797. The third-order valence-electron chi connectivity index (χ3n) is 4.41. The van der Waals surface area contributed by atoms with Crippen molar-refractivity contribution < 1.29 is 9.18 Å². The molecular weight excluding hydrogens is 375 g/mol. The summed E-state index contributed by atoms with van der Waals surface area (Å²) in [5, 5.41) is 3.74. The lowest BCUT2D eigenvalue weighted by Crippen LogP contribution is -2.38. The summed E-state index contributed by atoms with van der Waals surface area (Å²) in [6, 6.07) is 4.20. The third-order valence-corrected chi connectivity index (χ3v) is 5.48. The first-order valence-electron chi connectivity index (χ1n) is 8.59. The van der Waals surface area contributed by atoms with Gasteiger partial charge in [0.2, 0.25) is 11.0 Å². The van der Waals surface area contributed by atoms with Crippen LogP contribution >= 0.6 is 23.1 Å². The second-order valence-corrected chi connectivity index (χ2v) is 8.67. The smallest absolute Gasteiger partial charge is 0.227 e. The van der Waals surface area contributed by atoms with Gasteiger partial charge in [-0.2, -0.15) is 4.37 Å². The largest absolute Gasteiger partial charge is 0.347 e. The zero-order valence-corrected chi connectivity index (χ0v) is 16.6. The molecule has 3 rings (SSSR count). The molecule has 0 aliphatic carbocycles. The summed E-state index contributed by atoms with van der Waals surface area (Å²) in [5.74, 6) is 0.222. The Morgan fingerprint density at radius 1 is 1.35 bits per heavy atom. The molecule has 1 fully saturated rings. The lowest BCUT2D eigenvalue weighted by molar-refractivity contribution is -0.120. The van der Waals surface area contributed by atoms with Crippen molar-refractivity contribution in [3.63, 3.8) is 0 Å². The Morgan fingerprint density at radius 2 is 2.04 bits per heavy atom. The van der Waals surface area contributed by atoms with E-state index in [0.29, 0.717) is 5.69 Å². The molecule has 1 amide bonds. The number of rotatable bonds is 3. The lowest BCUT2D eigenvalue weighted by atomic mass is 9.95. The lowest BCUT2D eigenvalue weighted by Gasteiger charge is -2.30. The molecule has 8 heteroatoms. The molecule has 2 aromatic rings. The van der Waals surface area contributed by atoms with E-state index in [4.69, 9.17) is 11.6 Å². The van der Waals surface area contributed by atoms with Crippen LogP contribution < -0.4 is 10.2 Å². The number of carbonyl (C=O) groups excluding carboxylic acids is 1. The summed E-state index contributed by atoms with van der Waals surface area (Å²) in [4.78, 5) is 19.3. The van der Waals surface area contributed by atoms with Crippen LogP contribution in [0.15, 0.2) is 18.2 Å². The van der Waals surface area contributed by atoms with Gasteiger partial charge < -0.3 is 10.2 Å². The predicted octanol–water partition coefficient (Wildman–Crippen LogP) is 4.48. The number of aromatic nitrogens is 2. The molecule has 1 saturated heterocycles. The summed E-state index contributed by atoms with van der Waals surface area (Å²) in [6.45, 7) is 7.81. The average Bonchev–Trinajstić information content (AvgIpc) is 3.09. The van der Waals surface area contributed by atoms with Gasteiger partial charge >= 0.3 is 0 Å². The fourth-order valence-electron chi connectivity index (χ4n) is 2.80. The quantitative estimate of drug-likeness (QED) is 0.830. The van der Waals surface area contributed by atoms with Crippen LogP contribution in [-0.4, -0.2) is 28.4 Å². The van der Waals surface area contributed by atoms with Gasteiger partial charge in [-0.3, -0.25) is 4.79 Å². The van der Waals surface area contributed by atoms with Crippen LogP contribution in [0.2, 0.25) is 5.02 Å². The van der Waals surface area contributed by atoms with E-state index >= 15 is 0 Å². The predicted molar refractivity (Wildman–Crippen MR) is 104 cm³/mol. The Balaban J connectivity index is 1.57. The highest BCUT2D eigenvalue weighted by Gasteiger charge is 2.28. The van der Waals surface area contributed by atoms with Crippen LogP contribution in [0.5, 0.6) is 0 Å².